The summed E-state index contributed by atoms with van der Waals surface area (Å²) >= 11 is 0. The average molecular weight is 304 g/mol. The standard InChI is InChI=1S/C17H24N2O3/c1-12(2)18-9-15-16(10-18)22-11-17(20)19(15)8-13-4-6-14(21-3)7-5-13/h4-7,12,15-16H,8-11H2,1-3H3. The molecule has 1 aromatic rings. The lowest BCUT2D eigenvalue weighted by Crippen LogP contribution is -2.53. The predicted molar refractivity (Wildman–Crippen MR) is 83.8 cm³/mol. The maximum Gasteiger partial charge on any atom is 0.249 e. The molecule has 2 saturated heterocycles. The van der Waals surface area contributed by atoms with Gasteiger partial charge in [-0.15, -0.1) is 0 Å². The Morgan fingerprint density at radius 2 is 2.00 bits per heavy atom. The molecule has 2 heterocycles. The Balaban J connectivity index is 1.74. The second-order valence-electron chi connectivity index (χ2n) is 6.33. The highest BCUT2D eigenvalue weighted by Crippen LogP contribution is 2.26. The van der Waals surface area contributed by atoms with Crippen molar-refractivity contribution in [3.05, 3.63) is 29.8 Å². The van der Waals surface area contributed by atoms with Gasteiger partial charge in [-0.3, -0.25) is 9.69 Å². The molecule has 0 aromatic heterocycles. The molecule has 120 valence electrons. The van der Waals surface area contributed by atoms with E-state index >= 15 is 0 Å². The van der Waals surface area contributed by atoms with Gasteiger partial charge in [0.2, 0.25) is 5.91 Å². The van der Waals surface area contributed by atoms with E-state index in [1.165, 1.54) is 0 Å². The summed E-state index contributed by atoms with van der Waals surface area (Å²) in [4.78, 5) is 16.7. The van der Waals surface area contributed by atoms with Crippen LogP contribution in [0.2, 0.25) is 0 Å². The minimum Gasteiger partial charge on any atom is -0.497 e. The van der Waals surface area contributed by atoms with Gasteiger partial charge in [-0.2, -0.15) is 0 Å². The third-order valence-electron chi connectivity index (χ3n) is 4.65. The monoisotopic (exact) mass is 304 g/mol. The van der Waals surface area contributed by atoms with Crippen LogP contribution in [0.3, 0.4) is 0 Å². The summed E-state index contributed by atoms with van der Waals surface area (Å²) in [5.74, 6) is 0.921. The number of carbonyl (C=O) groups is 1. The van der Waals surface area contributed by atoms with Gasteiger partial charge in [-0.05, 0) is 31.5 Å². The quantitative estimate of drug-likeness (QED) is 0.846. The molecule has 0 saturated carbocycles. The summed E-state index contributed by atoms with van der Waals surface area (Å²) in [6, 6.07) is 8.55. The Kier molecular flexibility index (Phi) is 4.36. The Morgan fingerprint density at radius 3 is 2.64 bits per heavy atom. The van der Waals surface area contributed by atoms with Crippen LogP contribution in [0.15, 0.2) is 24.3 Å². The van der Waals surface area contributed by atoms with Gasteiger partial charge < -0.3 is 14.4 Å². The first-order valence-corrected chi connectivity index (χ1v) is 7.86. The Labute approximate surface area is 131 Å². The van der Waals surface area contributed by atoms with Crippen LogP contribution in [0, 0.1) is 0 Å². The van der Waals surface area contributed by atoms with Crippen molar-refractivity contribution in [1.82, 2.24) is 9.80 Å². The maximum atomic E-state index is 12.3. The molecule has 0 bridgehead atoms. The first kappa shape index (κ1) is 15.3. The summed E-state index contributed by atoms with van der Waals surface area (Å²) in [5, 5.41) is 0. The summed E-state index contributed by atoms with van der Waals surface area (Å²) in [6.45, 7) is 7.02. The fourth-order valence-corrected chi connectivity index (χ4v) is 3.25. The van der Waals surface area contributed by atoms with E-state index in [1.807, 2.05) is 29.2 Å². The SMILES string of the molecule is COc1ccc(CN2C(=O)COC3CN(C(C)C)CC32)cc1. The van der Waals surface area contributed by atoms with Crippen LogP contribution in [0.4, 0.5) is 0 Å². The summed E-state index contributed by atoms with van der Waals surface area (Å²) in [7, 11) is 1.66. The minimum atomic E-state index is 0.0858. The van der Waals surface area contributed by atoms with Crippen LogP contribution >= 0.6 is 0 Å². The molecular formula is C17H24N2O3. The molecule has 2 unspecified atom stereocenters. The highest BCUT2D eigenvalue weighted by atomic mass is 16.5. The van der Waals surface area contributed by atoms with Crippen LogP contribution in [-0.2, 0) is 16.1 Å². The highest BCUT2D eigenvalue weighted by Gasteiger charge is 2.43. The van der Waals surface area contributed by atoms with Crippen molar-refractivity contribution in [2.45, 2.75) is 38.6 Å². The van der Waals surface area contributed by atoms with Crippen molar-refractivity contribution in [2.75, 3.05) is 26.8 Å². The van der Waals surface area contributed by atoms with E-state index < -0.39 is 0 Å². The van der Waals surface area contributed by atoms with Crippen LogP contribution in [0.5, 0.6) is 5.75 Å². The summed E-state index contributed by atoms with van der Waals surface area (Å²) in [5.41, 5.74) is 1.12. The lowest BCUT2D eigenvalue weighted by Gasteiger charge is -2.37. The lowest BCUT2D eigenvalue weighted by molar-refractivity contribution is -0.153. The van der Waals surface area contributed by atoms with E-state index in [1.54, 1.807) is 7.11 Å². The normalized spacial score (nSPS) is 25.6. The van der Waals surface area contributed by atoms with Crippen molar-refractivity contribution < 1.29 is 14.3 Å². The topological polar surface area (TPSA) is 42.0 Å². The van der Waals surface area contributed by atoms with Gasteiger partial charge in [0.1, 0.15) is 12.4 Å². The fraction of sp³-hybridized carbons (Fsp3) is 0.588. The van der Waals surface area contributed by atoms with Gasteiger partial charge in [-0.1, -0.05) is 12.1 Å². The van der Waals surface area contributed by atoms with Gasteiger partial charge in [0.25, 0.3) is 0 Å². The van der Waals surface area contributed by atoms with Gasteiger partial charge in [0, 0.05) is 25.7 Å². The van der Waals surface area contributed by atoms with Gasteiger partial charge in [0.05, 0.1) is 19.3 Å². The molecule has 0 N–H and O–H groups in total. The van der Waals surface area contributed by atoms with E-state index in [0.29, 0.717) is 12.6 Å². The van der Waals surface area contributed by atoms with Crippen molar-refractivity contribution in [3.8, 4) is 5.75 Å². The Morgan fingerprint density at radius 1 is 1.27 bits per heavy atom. The molecular weight excluding hydrogens is 280 g/mol. The smallest absolute Gasteiger partial charge is 0.249 e. The second kappa shape index (κ2) is 6.26. The predicted octanol–water partition coefficient (Wildman–Crippen LogP) is 1.52. The van der Waals surface area contributed by atoms with Crippen molar-refractivity contribution in [1.29, 1.82) is 0 Å². The number of likely N-dealkylation sites (tertiary alicyclic amines) is 1. The number of carbonyl (C=O) groups excluding carboxylic acids is 1. The van der Waals surface area contributed by atoms with E-state index in [2.05, 4.69) is 18.7 Å². The van der Waals surface area contributed by atoms with E-state index in [4.69, 9.17) is 9.47 Å². The molecule has 0 aliphatic carbocycles. The van der Waals surface area contributed by atoms with Crippen molar-refractivity contribution in [2.24, 2.45) is 0 Å². The van der Waals surface area contributed by atoms with E-state index in [-0.39, 0.29) is 24.7 Å². The number of rotatable bonds is 4. The molecule has 1 amide bonds. The van der Waals surface area contributed by atoms with Crippen LogP contribution in [-0.4, -0.2) is 60.7 Å². The second-order valence-corrected chi connectivity index (χ2v) is 6.33. The summed E-state index contributed by atoms with van der Waals surface area (Å²) in [6.07, 6.45) is 0.137. The van der Waals surface area contributed by atoms with Crippen molar-refractivity contribution >= 4 is 5.91 Å². The third-order valence-corrected chi connectivity index (χ3v) is 4.65. The minimum absolute atomic E-state index is 0.0858. The molecule has 2 aliphatic heterocycles. The maximum absolute atomic E-state index is 12.3. The van der Waals surface area contributed by atoms with E-state index in [0.717, 1.165) is 24.4 Å². The lowest BCUT2D eigenvalue weighted by atomic mass is 10.1. The number of morpholine rings is 1. The van der Waals surface area contributed by atoms with Crippen molar-refractivity contribution in [3.63, 3.8) is 0 Å². The first-order valence-electron chi connectivity index (χ1n) is 7.86. The van der Waals surface area contributed by atoms with E-state index in [9.17, 15) is 4.79 Å². The number of amides is 1. The molecule has 0 radical (unpaired) electrons. The molecule has 2 atom stereocenters. The van der Waals surface area contributed by atoms with Crippen LogP contribution < -0.4 is 4.74 Å². The first-order chi connectivity index (χ1) is 10.6. The summed E-state index contributed by atoms with van der Waals surface area (Å²) < 4.78 is 10.9. The number of benzene rings is 1. The number of hydrogen-bond donors (Lipinski definition) is 0. The fourth-order valence-electron chi connectivity index (χ4n) is 3.25. The Bertz CT molecular complexity index is 529. The molecule has 2 fully saturated rings. The molecule has 3 rings (SSSR count). The van der Waals surface area contributed by atoms with Gasteiger partial charge in [-0.25, -0.2) is 0 Å². The zero-order valence-corrected chi connectivity index (χ0v) is 13.5. The molecule has 1 aromatic carbocycles. The van der Waals surface area contributed by atoms with Gasteiger partial charge in [0.15, 0.2) is 0 Å². The molecule has 5 nitrogen and oxygen atoms in total. The molecule has 5 heteroatoms. The van der Waals surface area contributed by atoms with Crippen LogP contribution in [0.25, 0.3) is 0 Å². The number of fused-ring (bicyclic) bond motifs is 1. The molecule has 0 spiro atoms. The van der Waals surface area contributed by atoms with Crippen LogP contribution in [0.1, 0.15) is 19.4 Å². The number of ether oxygens (including phenoxy) is 2. The number of hydrogen-bond acceptors (Lipinski definition) is 4. The highest BCUT2D eigenvalue weighted by molar-refractivity contribution is 5.78. The number of methoxy groups -OCH3 is 1. The zero-order chi connectivity index (χ0) is 15.7. The molecule has 22 heavy (non-hydrogen) atoms. The average Bonchev–Trinajstić information content (AvgIpc) is 2.95. The molecule has 2 aliphatic rings. The number of nitrogens with zero attached hydrogens (tertiary/aromatic N) is 2. The zero-order valence-electron chi connectivity index (χ0n) is 13.5. The van der Waals surface area contributed by atoms with Gasteiger partial charge >= 0.3 is 0 Å². The largest absolute Gasteiger partial charge is 0.497 e. The Hall–Kier alpha value is -1.59. The third kappa shape index (κ3) is 2.96.